The molecule has 3 rings (SSSR count). The average molecular weight is 341 g/mol. The molecule has 1 saturated heterocycles. The summed E-state index contributed by atoms with van der Waals surface area (Å²) in [6, 6.07) is 6.10. The van der Waals surface area contributed by atoms with Gasteiger partial charge in [0.25, 0.3) is 0 Å². The fourth-order valence-electron chi connectivity index (χ4n) is 4.03. The minimum absolute atomic E-state index is 0.381. The molecule has 6 nitrogen and oxygen atoms in total. The lowest BCUT2D eigenvalue weighted by molar-refractivity contribution is 0.0735. The number of furan rings is 1. The van der Waals surface area contributed by atoms with Crippen molar-refractivity contribution in [1.29, 1.82) is 5.26 Å². The van der Waals surface area contributed by atoms with Crippen molar-refractivity contribution in [3.8, 4) is 6.07 Å². The number of rotatable bonds is 6. The fourth-order valence-corrected chi connectivity index (χ4v) is 4.03. The van der Waals surface area contributed by atoms with E-state index in [2.05, 4.69) is 35.1 Å². The molecule has 25 heavy (non-hydrogen) atoms. The Bertz CT molecular complexity index is 728. The Morgan fingerprint density at radius 2 is 2.28 bits per heavy atom. The van der Waals surface area contributed by atoms with E-state index < -0.39 is 0 Å². The van der Waals surface area contributed by atoms with Gasteiger partial charge in [0.15, 0.2) is 0 Å². The SMILES string of the molecule is CCN1CCC[C@@H](CN(C)Cc2ccc(C#N)o2)[C@@H]1c1cnn(C)c1. The van der Waals surface area contributed by atoms with E-state index >= 15 is 0 Å². The summed E-state index contributed by atoms with van der Waals surface area (Å²) < 4.78 is 7.42. The van der Waals surface area contributed by atoms with Gasteiger partial charge >= 0.3 is 0 Å². The van der Waals surface area contributed by atoms with Gasteiger partial charge in [0, 0.05) is 31.4 Å². The van der Waals surface area contributed by atoms with Gasteiger partial charge < -0.3 is 4.42 Å². The van der Waals surface area contributed by atoms with Crippen molar-refractivity contribution >= 4 is 0 Å². The van der Waals surface area contributed by atoms with Crippen molar-refractivity contribution in [3.63, 3.8) is 0 Å². The van der Waals surface area contributed by atoms with Crippen molar-refractivity contribution in [2.24, 2.45) is 13.0 Å². The summed E-state index contributed by atoms with van der Waals surface area (Å²) in [6.07, 6.45) is 6.62. The molecular weight excluding hydrogens is 314 g/mol. The van der Waals surface area contributed by atoms with Gasteiger partial charge in [-0.25, -0.2) is 0 Å². The quantitative estimate of drug-likeness (QED) is 0.808. The standard InChI is InChI=1S/C19H27N5O/c1-4-24-9-5-6-15(19(24)16-11-21-23(3)13-16)12-22(2)14-18-8-7-17(10-20)25-18/h7-8,11,13,15,19H,4-6,9,12,14H2,1-3H3/t15-,19+/m0/s1. The van der Waals surface area contributed by atoms with E-state index in [1.807, 2.05) is 30.1 Å². The molecule has 3 heterocycles. The second-order valence-corrected chi connectivity index (χ2v) is 7.00. The van der Waals surface area contributed by atoms with Crippen LogP contribution in [0.4, 0.5) is 0 Å². The Morgan fingerprint density at radius 3 is 2.92 bits per heavy atom. The molecule has 0 saturated carbocycles. The molecule has 1 fully saturated rings. The summed E-state index contributed by atoms with van der Waals surface area (Å²) in [5, 5.41) is 13.3. The molecule has 1 aliphatic rings. The normalized spacial score (nSPS) is 21.6. The lowest BCUT2D eigenvalue weighted by Gasteiger charge is -2.42. The van der Waals surface area contributed by atoms with E-state index in [9.17, 15) is 0 Å². The van der Waals surface area contributed by atoms with Crippen LogP contribution in [0.5, 0.6) is 0 Å². The van der Waals surface area contributed by atoms with E-state index in [0.717, 1.165) is 31.9 Å². The van der Waals surface area contributed by atoms with Crippen LogP contribution in [-0.2, 0) is 13.6 Å². The van der Waals surface area contributed by atoms with Gasteiger partial charge in [-0.05, 0) is 51.0 Å². The Kier molecular flexibility index (Phi) is 5.57. The Hall–Kier alpha value is -2.10. The van der Waals surface area contributed by atoms with Gasteiger partial charge in [-0.3, -0.25) is 14.5 Å². The summed E-state index contributed by atoms with van der Waals surface area (Å²) in [4.78, 5) is 4.87. The molecule has 0 amide bonds. The molecule has 0 radical (unpaired) electrons. The minimum atomic E-state index is 0.381. The summed E-state index contributed by atoms with van der Waals surface area (Å²) in [6.45, 7) is 6.17. The fraction of sp³-hybridized carbons (Fsp3) is 0.579. The average Bonchev–Trinajstić information content (AvgIpc) is 3.23. The van der Waals surface area contributed by atoms with Gasteiger partial charge in [-0.2, -0.15) is 10.4 Å². The van der Waals surface area contributed by atoms with Crippen molar-refractivity contribution < 1.29 is 4.42 Å². The highest BCUT2D eigenvalue weighted by Gasteiger charge is 2.33. The predicted molar refractivity (Wildman–Crippen MR) is 95.7 cm³/mol. The first kappa shape index (κ1) is 17.7. The number of aryl methyl sites for hydroxylation is 1. The zero-order valence-electron chi connectivity index (χ0n) is 15.4. The van der Waals surface area contributed by atoms with Crippen molar-refractivity contribution in [3.05, 3.63) is 41.6 Å². The smallest absolute Gasteiger partial charge is 0.203 e. The molecule has 2 aromatic rings. The summed E-state index contributed by atoms with van der Waals surface area (Å²) in [5.41, 5.74) is 1.31. The van der Waals surface area contributed by atoms with Crippen LogP contribution >= 0.6 is 0 Å². The first-order valence-electron chi connectivity index (χ1n) is 9.00. The third-order valence-electron chi connectivity index (χ3n) is 5.08. The number of piperidine rings is 1. The Labute approximate surface area is 149 Å². The highest BCUT2D eigenvalue weighted by Crippen LogP contribution is 2.36. The molecule has 0 spiro atoms. The van der Waals surface area contributed by atoms with Gasteiger partial charge in [0.05, 0.1) is 12.7 Å². The van der Waals surface area contributed by atoms with Gasteiger partial charge in [0.1, 0.15) is 11.8 Å². The van der Waals surface area contributed by atoms with Crippen LogP contribution in [0.3, 0.4) is 0 Å². The van der Waals surface area contributed by atoms with Gasteiger partial charge in [0.2, 0.25) is 5.76 Å². The molecule has 134 valence electrons. The maximum atomic E-state index is 8.89. The van der Waals surface area contributed by atoms with Gasteiger partial charge in [-0.1, -0.05) is 6.92 Å². The first-order valence-corrected chi connectivity index (χ1v) is 9.00. The number of nitriles is 1. The van der Waals surface area contributed by atoms with Crippen LogP contribution in [0.15, 0.2) is 28.9 Å². The zero-order valence-corrected chi connectivity index (χ0v) is 15.4. The predicted octanol–water partition coefficient (Wildman–Crippen LogP) is 2.79. The first-order chi connectivity index (χ1) is 12.1. The summed E-state index contributed by atoms with van der Waals surface area (Å²) >= 11 is 0. The molecule has 0 aliphatic carbocycles. The van der Waals surface area contributed by atoms with E-state index in [4.69, 9.17) is 9.68 Å². The molecule has 2 aromatic heterocycles. The molecule has 6 heteroatoms. The van der Waals surface area contributed by atoms with E-state index in [-0.39, 0.29) is 0 Å². The topological polar surface area (TPSA) is 61.2 Å². The monoisotopic (exact) mass is 341 g/mol. The third kappa shape index (κ3) is 4.12. The Morgan fingerprint density at radius 1 is 1.44 bits per heavy atom. The van der Waals surface area contributed by atoms with Gasteiger partial charge in [-0.15, -0.1) is 0 Å². The van der Waals surface area contributed by atoms with Crippen LogP contribution < -0.4 is 0 Å². The minimum Gasteiger partial charge on any atom is -0.449 e. The van der Waals surface area contributed by atoms with Crippen LogP contribution in [0.1, 0.15) is 42.9 Å². The molecular formula is C19H27N5O. The summed E-state index contributed by atoms with van der Waals surface area (Å²) in [7, 11) is 4.10. The molecule has 2 atom stereocenters. The number of hydrogen-bond donors (Lipinski definition) is 0. The second kappa shape index (κ2) is 7.85. The highest BCUT2D eigenvalue weighted by molar-refractivity contribution is 5.19. The Balaban J connectivity index is 1.70. The number of nitrogens with zero attached hydrogens (tertiary/aromatic N) is 5. The van der Waals surface area contributed by atoms with Crippen molar-refractivity contribution in [2.45, 2.75) is 32.4 Å². The third-order valence-corrected chi connectivity index (χ3v) is 5.08. The maximum absolute atomic E-state index is 8.89. The maximum Gasteiger partial charge on any atom is 0.203 e. The zero-order chi connectivity index (χ0) is 17.8. The van der Waals surface area contributed by atoms with Crippen LogP contribution in [0.2, 0.25) is 0 Å². The molecule has 0 aromatic carbocycles. The van der Waals surface area contributed by atoms with E-state index in [0.29, 0.717) is 17.7 Å². The lowest BCUT2D eigenvalue weighted by Crippen LogP contribution is -2.42. The number of aromatic nitrogens is 2. The molecule has 0 unspecified atom stereocenters. The lowest BCUT2D eigenvalue weighted by atomic mass is 9.85. The molecule has 1 aliphatic heterocycles. The van der Waals surface area contributed by atoms with Crippen molar-refractivity contribution in [1.82, 2.24) is 19.6 Å². The van der Waals surface area contributed by atoms with Crippen LogP contribution in [0, 0.1) is 17.2 Å². The van der Waals surface area contributed by atoms with Crippen LogP contribution in [-0.4, -0.2) is 46.3 Å². The second-order valence-electron chi connectivity index (χ2n) is 7.00. The number of hydrogen-bond acceptors (Lipinski definition) is 5. The number of likely N-dealkylation sites (tertiary alicyclic amines) is 1. The highest BCUT2D eigenvalue weighted by atomic mass is 16.3. The van der Waals surface area contributed by atoms with Crippen LogP contribution in [0.25, 0.3) is 0 Å². The van der Waals surface area contributed by atoms with E-state index in [1.165, 1.54) is 18.4 Å². The van der Waals surface area contributed by atoms with E-state index in [1.54, 1.807) is 6.07 Å². The molecule has 0 N–H and O–H groups in total. The molecule has 0 bridgehead atoms. The largest absolute Gasteiger partial charge is 0.449 e. The summed E-state index contributed by atoms with van der Waals surface area (Å²) in [5.74, 6) is 1.79. The van der Waals surface area contributed by atoms with Crippen molar-refractivity contribution in [2.75, 3.05) is 26.7 Å².